The maximum atomic E-state index is 12.7. The number of aromatic nitrogens is 3. The Balaban J connectivity index is 1.73. The summed E-state index contributed by atoms with van der Waals surface area (Å²) in [6.07, 6.45) is 3.45. The van der Waals surface area contributed by atoms with Crippen LogP contribution in [0.25, 0.3) is 11.0 Å². The number of hydrogen-bond donors (Lipinski definition) is 5. The number of anilines is 3. The van der Waals surface area contributed by atoms with Gasteiger partial charge in [-0.15, -0.1) is 0 Å². The molecule has 174 valence electrons. The van der Waals surface area contributed by atoms with Gasteiger partial charge in [0, 0.05) is 12.7 Å². The predicted octanol–water partition coefficient (Wildman–Crippen LogP) is 0.684. The van der Waals surface area contributed by atoms with Crippen LogP contribution < -0.4 is 32.3 Å². The van der Waals surface area contributed by atoms with Gasteiger partial charge in [0.2, 0.25) is 11.4 Å². The summed E-state index contributed by atoms with van der Waals surface area (Å²) in [6.45, 7) is 1.73. The molecule has 0 bridgehead atoms. The van der Waals surface area contributed by atoms with E-state index in [9.17, 15) is 14.7 Å². The fourth-order valence-electron chi connectivity index (χ4n) is 4.20. The second-order valence-corrected chi connectivity index (χ2v) is 7.87. The van der Waals surface area contributed by atoms with Gasteiger partial charge in [-0.3, -0.25) is 9.59 Å². The monoisotopic (exact) mass is 453 g/mol. The number of methoxy groups -OCH3 is 1. The average molecular weight is 454 g/mol. The molecule has 1 saturated heterocycles. The third kappa shape index (κ3) is 4.32. The van der Waals surface area contributed by atoms with Gasteiger partial charge in [-0.1, -0.05) is 6.07 Å². The highest BCUT2D eigenvalue weighted by Crippen LogP contribution is 2.33. The Labute approximate surface area is 189 Å². The zero-order valence-corrected chi connectivity index (χ0v) is 18.3. The zero-order chi connectivity index (χ0) is 23.5. The maximum Gasteiger partial charge on any atom is 0.256 e. The van der Waals surface area contributed by atoms with Crippen molar-refractivity contribution in [1.29, 1.82) is 0 Å². The van der Waals surface area contributed by atoms with Crippen molar-refractivity contribution in [3.8, 4) is 5.75 Å². The minimum atomic E-state index is -0.952. The smallest absolute Gasteiger partial charge is 0.256 e. The molecule has 3 heterocycles. The molecule has 0 saturated carbocycles. The van der Waals surface area contributed by atoms with E-state index in [1.807, 2.05) is 12.1 Å². The van der Waals surface area contributed by atoms with Crippen molar-refractivity contribution in [2.75, 3.05) is 37.9 Å². The van der Waals surface area contributed by atoms with Crippen LogP contribution in [0.2, 0.25) is 0 Å². The number of nitrogens with two attached hydrogens (primary N) is 2. The lowest BCUT2D eigenvalue weighted by Gasteiger charge is -2.24. The lowest BCUT2D eigenvalue weighted by molar-refractivity contribution is 0.0999. The van der Waals surface area contributed by atoms with E-state index >= 15 is 0 Å². The number of hydrogen-bond acceptors (Lipinski definition) is 9. The van der Waals surface area contributed by atoms with Crippen molar-refractivity contribution in [1.82, 2.24) is 19.9 Å². The number of pyridine rings is 1. The second-order valence-electron chi connectivity index (χ2n) is 7.87. The van der Waals surface area contributed by atoms with E-state index < -0.39 is 11.3 Å². The van der Waals surface area contributed by atoms with Gasteiger partial charge in [0.05, 0.1) is 24.8 Å². The second kappa shape index (κ2) is 9.43. The van der Waals surface area contributed by atoms with E-state index in [2.05, 4.69) is 26.7 Å². The zero-order valence-electron chi connectivity index (χ0n) is 18.3. The average Bonchev–Trinajstić information content (AvgIpc) is 2.82. The van der Waals surface area contributed by atoms with Crippen molar-refractivity contribution in [3.63, 3.8) is 0 Å². The van der Waals surface area contributed by atoms with Crippen molar-refractivity contribution in [3.05, 3.63) is 45.7 Å². The third-order valence-corrected chi connectivity index (χ3v) is 5.90. The number of nitrogen functional groups attached to an aromatic ring is 1. The number of carbonyl (C=O) groups excluding carboxylic acids is 1. The minimum absolute atomic E-state index is 0.0214. The molecule has 11 nitrogen and oxygen atoms in total. The molecular formula is C22H27N7O4. The molecule has 1 aliphatic rings. The molecule has 3 aromatic rings. The molecule has 1 fully saturated rings. The number of rotatable bonds is 7. The summed E-state index contributed by atoms with van der Waals surface area (Å²) in [5, 5.41) is 16.0. The van der Waals surface area contributed by atoms with Crippen LogP contribution in [0.4, 0.5) is 17.5 Å². The number of ether oxygens (including phenoxy) is 1. The van der Waals surface area contributed by atoms with Crippen LogP contribution in [-0.4, -0.2) is 52.4 Å². The topological polar surface area (TPSA) is 170 Å². The molecule has 0 spiro atoms. The number of aliphatic hydroxyl groups is 1. The van der Waals surface area contributed by atoms with E-state index in [0.29, 0.717) is 17.4 Å². The highest BCUT2D eigenvalue weighted by Gasteiger charge is 2.21. The normalized spacial score (nSPS) is 14.4. The van der Waals surface area contributed by atoms with Gasteiger partial charge in [-0.25, -0.2) is 4.98 Å². The van der Waals surface area contributed by atoms with E-state index in [1.54, 1.807) is 7.11 Å². The van der Waals surface area contributed by atoms with Crippen molar-refractivity contribution in [2.24, 2.45) is 5.73 Å². The first-order valence-corrected chi connectivity index (χ1v) is 10.7. The molecule has 0 unspecified atom stereocenters. The van der Waals surface area contributed by atoms with E-state index in [4.69, 9.17) is 16.2 Å². The number of piperidine rings is 1. The first-order chi connectivity index (χ1) is 15.9. The number of carbonyl (C=O) groups is 1. The van der Waals surface area contributed by atoms with Crippen molar-refractivity contribution in [2.45, 2.75) is 25.3 Å². The number of aliphatic hydroxyl groups excluding tert-OH is 1. The molecule has 33 heavy (non-hydrogen) atoms. The molecule has 2 aromatic heterocycles. The Morgan fingerprint density at radius 2 is 2.12 bits per heavy atom. The number of fused-ring (bicyclic) bond motifs is 1. The molecule has 1 amide bonds. The highest BCUT2D eigenvalue weighted by atomic mass is 16.5. The summed E-state index contributed by atoms with van der Waals surface area (Å²) in [5.41, 5.74) is 12.4. The molecule has 11 heteroatoms. The molecule has 1 aliphatic heterocycles. The Kier molecular flexibility index (Phi) is 6.43. The summed E-state index contributed by atoms with van der Waals surface area (Å²) >= 11 is 0. The van der Waals surface area contributed by atoms with Gasteiger partial charge in [-0.05, 0) is 49.5 Å². The molecule has 7 N–H and O–H groups in total. The number of benzene rings is 1. The lowest BCUT2D eigenvalue weighted by Crippen LogP contribution is -2.28. The van der Waals surface area contributed by atoms with Crippen molar-refractivity contribution >= 4 is 34.4 Å². The first kappa shape index (κ1) is 22.5. The summed E-state index contributed by atoms with van der Waals surface area (Å²) in [7, 11) is 1.60. The Hall–Kier alpha value is -3.70. The van der Waals surface area contributed by atoms with E-state index in [1.165, 1.54) is 16.3 Å². The number of amides is 1. The van der Waals surface area contributed by atoms with Crippen LogP contribution in [0.15, 0.2) is 29.2 Å². The van der Waals surface area contributed by atoms with Crippen LogP contribution >= 0.6 is 0 Å². The first-order valence-electron chi connectivity index (χ1n) is 10.7. The summed E-state index contributed by atoms with van der Waals surface area (Å²) in [5.74, 6) is 0.217. The Bertz CT molecular complexity index is 1250. The summed E-state index contributed by atoms with van der Waals surface area (Å²) in [6, 6.07) is 5.98. The fourth-order valence-corrected chi connectivity index (χ4v) is 4.20. The predicted molar refractivity (Wildman–Crippen MR) is 125 cm³/mol. The number of primary amides is 1. The Morgan fingerprint density at radius 3 is 2.79 bits per heavy atom. The van der Waals surface area contributed by atoms with Crippen LogP contribution in [-0.2, 0) is 6.54 Å². The number of nitrogens with one attached hydrogen (secondary N) is 2. The van der Waals surface area contributed by atoms with E-state index in [-0.39, 0.29) is 41.5 Å². The molecular weight excluding hydrogens is 426 g/mol. The van der Waals surface area contributed by atoms with Crippen LogP contribution in [0.5, 0.6) is 5.75 Å². The van der Waals surface area contributed by atoms with Gasteiger partial charge in [0.1, 0.15) is 17.1 Å². The summed E-state index contributed by atoms with van der Waals surface area (Å²) < 4.78 is 6.96. The third-order valence-electron chi connectivity index (χ3n) is 5.90. The quantitative estimate of drug-likeness (QED) is 0.345. The standard InChI is InChI=1S/C22H27N7O4/c1-33-16-10-13(12-4-6-25-7-5-12)2-3-15(16)27-22-26-11-14-18(31)17(20(24)32)19(23)29(8-9-30)21(14)28-22/h2-3,10-12,25,30H,4-9,23H2,1H3,(H2,24,32)(H,26,27,28). The van der Waals surface area contributed by atoms with Crippen LogP contribution in [0, 0.1) is 0 Å². The van der Waals surface area contributed by atoms with Gasteiger partial charge < -0.3 is 36.5 Å². The highest BCUT2D eigenvalue weighted by molar-refractivity contribution is 6.00. The molecule has 0 atom stereocenters. The Morgan fingerprint density at radius 1 is 1.36 bits per heavy atom. The van der Waals surface area contributed by atoms with Crippen LogP contribution in [0.1, 0.15) is 34.7 Å². The largest absolute Gasteiger partial charge is 0.495 e. The van der Waals surface area contributed by atoms with Gasteiger partial charge in [-0.2, -0.15) is 4.98 Å². The summed E-state index contributed by atoms with van der Waals surface area (Å²) in [4.78, 5) is 33.1. The molecule has 0 aliphatic carbocycles. The minimum Gasteiger partial charge on any atom is -0.495 e. The maximum absolute atomic E-state index is 12.7. The molecule has 1 aromatic carbocycles. The number of nitrogens with zero attached hydrogens (tertiary/aromatic N) is 3. The van der Waals surface area contributed by atoms with E-state index in [0.717, 1.165) is 25.9 Å². The molecule has 4 rings (SSSR count). The van der Waals surface area contributed by atoms with Gasteiger partial charge in [0.15, 0.2) is 5.65 Å². The van der Waals surface area contributed by atoms with Gasteiger partial charge >= 0.3 is 0 Å². The van der Waals surface area contributed by atoms with Gasteiger partial charge in [0.25, 0.3) is 5.91 Å². The van der Waals surface area contributed by atoms with Crippen molar-refractivity contribution < 1.29 is 14.6 Å². The molecule has 0 radical (unpaired) electrons. The lowest BCUT2D eigenvalue weighted by atomic mass is 9.90. The fraction of sp³-hybridized carbons (Fsp3) is 0.364. The SMILES string of the molecule is COc1cc(C2CCNCC2)ccc1Nc1ncc2c(=O)c(C(N)=O)c(N)n(CCO)c2n1. The van der Waals surface area contributed by atoms with Crippen LogP contribution in [0.3, 0.4) is 0 Å².